The Kier molecular flexibility index (Phi) is 4.53. The molecule has 1 saturated heterocycles. The van der Waals surface area contributed by atoms with Crippen LogP contribution in [0.25, 0.3) is 11.0 Å². The van der Waals surface area contributed by atoms with Crippen molar-refractivity contribution >= 4 is 11.0 Å². The Balaban J connectivity index is 1.90. The molecule has 1 aliphatic rings. The summed E-state index contributed by atoms with van der Waals surface area (Å²) in [4.78, 5) is 7.36. The maximum atomic E-state index is 5.70. The molecule has 3 N–H and O–H groups in total. The molecule has 0 amide bonds. The lowest BCUT2D eigenvalue weighted by Gasteiger charge is -2.27. The van der Waals surface area contributed by atoms with E-state index in [2.05, 4.69) is 39.9 Å². The standard InChI is InChI=1S/C16H25N5/c1-13-3-4-15-14(11-13)19-16(21(15)8-2-5-17)12-20-9-6-18-7-10-20/h3-4,11,18H,2,5-10,12,17H2,1H3. The zero-order chi connectivity index (χ0) is 14.7. The van der Waals surface area contributed by atoms with Gasteiger partial charge in [-0.05, 0) is 37.6 Å². The fraction of sp³-hybridized carbons (Fsp3) is 0.562. The lowest BCUT2D eigenvalue weighted by atomic mass is 10.2. The van der Waals surface area contributed by atoms with Crippen LogP contribution in [-0.2, 0) is 13.1 Å². The Hall–Kier alpha value is -1.43. The van der Waals surface area contributed by atoms with E-state index in [1.165, 1.54) is 16.9 Å². The maximum Gasteiger partial charge on any atom is 0.124 e. The van der Waals surface area contributed by atoms with E-state index >= 15 is 0 Å². The quantitative estimate of drug-likeness (QED) is 0.864. The topological polar surface area (TPSA) is 59.1 Å². The molecule has 5 nitrogen and oxygen atoms in total. The van der Waals surface area contributed by atoms with E-state index in [0.29, 0.717) is 0 Å². The molecule has 1 aliphatic heterocycles. The van der Waals surface area contributed by atoms with E-state index in [0.717, 1.165) is 57.8 Å². The van der Waals surface area contributed by atoms with Crippen molar-refractivity contribution in [1.82, 2.24) is 19.8 Å². The Labute approximate surface area is 126 Å². The maximum absolute atomic E-state index is 5.70. The fourth-order valence-corrected chi connectivity index (χ4v) is 2.98. The fourth-order valence-electron chi connectivity index (χ4n) is 2.98. The molecule has 3 rings (SSSR count). The molecule has 2 heterocycles. The minimum atomic E-state index is 0.721. The van der Waals surface area contributed by atoms with Gasteiger partial charge in [0.25, 0.3) is 0 Å². The minimum absolute atomic E-state index is 0.721. The van der Waals surface area contributed by atoms with E-state index in [1.54, 1.807) is 0 Å². The van der Waals surface area contributed by atoms with Crippen molar-refractivity contribution in [3.63, 3.8) is 0 Å². The van der Waals surface area contributed by atoms with Crippen molar-refractivity contribution in [2.75, 3.05) is 32.7 Å². The smallest absolute Gasteiger partial charge is 0.124 e. The molecule has 5 heteroatoms. The molecule has 1 aromatic carbocycles. The van der Waals surface area contributed by atoms with E-state index in [1.807, 2.05) is 0 Å². The Morgan fingerprint density at radius 1 is 1.29 bits per heavy atom. The van der Waals surface area contributed by atoms with E-state index < -0.39 is 0 Å². The van der Waals surface area contributed by atoms with Crippen molar-refractivity contribution < 1.29 is 0 Å². The average molecular weight is 287 g/mol. The lowest BCUT2D eigenvalue weighted by Crippen LogP contribution is -2.43. The van der Waals surface area contributed by atoms with Crippen LogP contribution in [0.5, 0.6) is 0 Å². The lowest BCUT2D eigenvalue weighted by molar-refractivity contribution is 0.225. The Morgan fingerprint density at radius 2 is 2.10 bits per heavy atom. The number of hydrogen-bond donors (Lipinski definition) is 2. The summed E-state index contributed by atoms with van der Waals surface area (Å²) in [5.74, 6) is 1.17. The molecule has 0 bridgehead atoms. The summed E-state index contributed by atoms with van der Waals surface area (Å²) in [5.41, 5.74) is 9.30. The van der Waals surface area contributed by atoms with Gasteiger partial charge in [0.15, 0.2) is 0 Å². The first-order valence-corrected chi connectivity index (χ1v) is 7.87. The molecule has 1 aromatic heterocycles. The number of fused-ring (bicyclic) bond motifs is 1. The molecule has 0 aliphatic carbocycles. The Morgan fingerprint density at radius 3 is 2.86 bits per heavy atom. The molecule has 0 atom stereocenters. The number of benzene rings is 1. The number of rotatable bonds is 5. The highest BCUT2D eigenvalue weighted by Gasteiger charge is 2.16. The van der Waals surface area contributed by atoms with Crippen LogP contribution in [0.3, 0.4) is 0 Å². The monoisotopic (exact) mass is 287 g/mol. The highest BCUT2D eigenvalue weighted by Crippen LogP contribution is 2.19. The minimum Gasteiger partial charge on any atom is -0.330 e. The highest BCUT2D eigenvalue weighted by atomic mass is 15.2. The third-order valence-electron chi connectivity index (χ3n) is 4.14. The molecule has 0 radical (unpaired) electrons. The molecule has 114 valence electrons. The van der Waals surface area contributed by atoms with Gasteiger partial charge in [-0.15, -0.1) is 0 Å². The van der Waals surface area contributed by atoms with Crippen molar-refractivity contribution in [3.8, 4) is 0 Å². The molecule has 1 fully saturated rings. The van der Waals surface area contributed by atoms with Gasteiger partial charge in [0.2, 0.25) is 0 Å². The molecule has 21 heavy (non-hydrogen) atoms. The zero-order valence-corrected chi connectivity index (χ0v) is 12.8. The predicted octanol–water partition coefficient (Wildman–Crippen LogP) is 1.10. The summed E-state index contributed by atoms with van der Waals surface area (Å²) in [6.07, 6.45) is 0.994. The first kappa shape index (κ1) is 14.5. The van der Waals surface area contributed by atoms with Gasteiger partial charge in [0.1, 0.15) is 5.82 Å². The van der Waals surface area contributed by atoms with Gasteiger partial charge in [-0.3, -0.25) is 4.90 Å². The third kappa shape index (κ3) is 3.26. The number of imidazole rings is 1. The number of hydrogen-bond acceptors (Lipinski definition) is 4. The Bertz CT molecular complexity index is 598. The first-order chi connectivity index (χ1) is 10.3. The number of nitrogens with zero attached hydrogens (tertiary/aromatic N) is 3. The normalized spacial score (nSPS) is 16.7. The van der Waals surface area contributed by atoms with E-state index in [9.17, 15) is 0 Å². The summed E-state index contributed by atoms with van der Waals surface area (Å²) in [7, 11) is 0. The van der Waals surface area contributed by atoms with Gasteiger partial charge in [-0.1, -0.05) is 6.07 Å². The molecule has 2 aromatic rings. The van der Waals surface area contributed by atoms with Crippen molar-refractivity contribution in [3.05, 3.63) is 29.6 Å². The second kappa shape index (κ2) is 6.56. The number of nitrogens with one attached hydrogen (secondary N) is 1. The third-order valence-corrected chi connectivity index (χ3v) is 4.14. The first-order valence-electron chi connectivity index (χ1n) is 7.87. The zero-order valence-electron chi connectivity index (χ0n) is 12.8. The SMILES string of the molecule is Cc1ccc2c(c1)nc(CN1CCNCC1)n2CCCN. The van der Waals surface area contributed by atoms with Crippen LogP contribution in [0.15, 0.2) is 18.2 Å². The van der Waals surface area contributed by atoms with Crippen molar-refractivity contribution in [2.45, 2.75) is 26.4 Å². The number of aryl methyl sites for hydroxylation is 2. The number of aromatic nitrogens is 2. The summed E-state index contributed by atoms with van der Waals surface area (Å²) in [5, 5.41) is 3.40. The van der Waals surface area contributed by atoms with Crippen LogP contribution >= 0.6 is 0 Å². The van der Waals surface area contributed by atoms with Crippen LogP contribution in [0.1, 0.15) is 17.8 Å². The van der Waals surface area contributed by atoms with Crippen LogP contribution in [0.2, 0.25) is 0 Å². The molecule has 0 unspecified atom stereocenters. The average Bonchev–Trinajstić information content (AvgIpc) is 2.82. The second-order valence-corrected chi connectivity index (χ2v) is 5.84. The second-order valence-electron chi connectivity index (χ2n) is 5.84. The predicted molar refractivity (Wildman–Crippen MR) is 86.3 cm³/mol. The largest absolute Gasteiger partial charge is 0.330 e. The summed E-state index contributed by atoms with van der Waals surface area (Å²) in [6, 6.07) is 6.53. The summed E-state index contributed by atoms with van der Waals surface area (Å²) < 4.78 is 2.35. The highest BCUT2D eigenvalue weighted by molar-refractivity contribution is 5.76. The van der Waals surface area contributed by atoms with Crippen molar-refractivity contribution in [2.24, 2.45) is 5.73 Å². The summed E-state index contributed by atoms with van der Waals surface area (Å²) >= 11 is 0. The molecular formula is C16H25N5. The van der Waals surface area contributed by atoms with Gasteiger partial charge in [0.05, 0.1) is 17.6 Å². The van der Waals surface area contributed by atoms with Crippen molar-refractivity contribution in [1.29, 1.82) is 0 Å². The molecular weight excluding hydrogens is 262 g/mol. The van der Waals surface area contributed by atoms with E-state index in [-0.39, 0.29) is 0 Å². The van der Waals surface area contributed by atoms with Crippen LogP contribution in [0.4, 0.5) is 0 Å². The van der Waals surface area contributed by atoms with Gasteiger partial charge in [-0.2, -0.15) is 0 Å². The van der Waals surface area contributed by atoms with Gasteiger partial charge < -0.3 is 15.6 Å². The van der Waals surface area contributed by atoms with Crippen LogP contribution in [-0.4, -0.2) is 47.2 Å². The van der Waals surface area contributed by atoms with Gasteiger partial charge in [0, 0.05) is 32.7 Å². The molecule has 0 saturated carbocycles. The molecule has 0 spiro atoms. The van der Waals surface area contributed by atoms with E-state index in [4.69, 9.17) is 10.7 Å². The number of piperazine rings is 1. The van der Waals surface area contributed by atoms with Gasteiger partial charge >= 0.3 is 0 Å². The van der Waals surface area contributed by atoms with Crippen LogP contribution < -0.4 is 11.1 Å². The van der Waals surface area contributed by atoms with Gasteiger partial charge in [-0.25, -0.2) is 4.98 Å². The summed E-state index contributed by atoms with van der Waals surface area (Å²) in [6.45, 7) is 9.06. The number of nitrogens with two attached hydrogens (primary N) is 1. The van der Waals surface area contributed by atoms with Crippen LogP contribution in [0, 0.1) is 6.92 Å².